The van der Waals surface area contributed by atoms with Crippen molar-refractivity contribution < 1.29 is 0 Å². The Morgan fingerprint density at radius 2 is 2.23 bits per heavy atom. The van der Waals surface area contributed by atoms with Gasteiger partial charge >= 0.3 is 0 Å². The van der Waals surface area contributed by atoms with Gasteiger partial charge in [-0.1, -0.05) is 0 Å². The summed E-state index contributed by atoms with van der Waals surface area (Å²) in [7, 11) is 0. The lowest BCUT2D eigenvalue weighted by atomic mass is 10.3. The SMILES string of the molecule is Cc1nc(-c2cc(Br)sc2Br)n[nH]1. The van der Waals surface area contributed by atoms with Crippen LogP contribution >= 0.6 is 43.2 Å². The van der Waals surface area contributed by atoms with Gasteiger partial charge in [0, 0.05) is 5.56 Å². The van der Waals surface area contributed by atoms with E-state index in [1.54, 1.807) is 11.3 Å². The van der Waals surface area contributed by atoms with Crippen molar-refractivity contribution in [1.82, 2.24) is 15.2 Å². The number of thiophene rings is 1. The first kappa shape index (κ1) is 9.36. The molecule has 0 spiro atoms. The van der Waals surface area contributed by atoms with E-state index < -0.39 is 0 Å². The van der Waals surface area contributed by atoms with Crippen LogP contribution in [0.5, 0.6) is 0 Å². The quantitative estimate of drug-likeness (QED) is 0.874. The Morgan fingerprint density at radius 3 is 2.69 bits per heavy atom. The molecule has 0 unspecified atom stereocenters. The van der Waals surface area contributed by atoms with Gasteiger partial charge in [-0.3, -0.25) is 5.10 Å². The van der Waals surface area contributed by atoms with Gasteiger partial charge in [-0.2, -0.15) is 5.10 Å². The number of H-pyrrole nitrogens is 1. The van der Waals surface area contributed by atoms with Crippen LogP contribution in [0.1, 0.15) is 5.82 Å². The van der Waals surface area contributed by atoms with Crippen molar-refractivity contribution in [2.24, 2.45) is 0 Å². The molecule has 13 heavy (non-hydrogen) atoms. The van der Waals surface area contributed by atoms with E-state index in [-0.39, 0.29) is 0 Å². The Labute approximate surface area is 95.8 Å². The second-order valence-corrected chi connectivity index (χ2v) is 6.23. The number of hydrogen-bond donors (Lipinski definition) is 1. The third kappa shape index (κ3) is 1.84. The zero-order chi connectivity index (χ0) is 9.42. The van der Waals surface area contributed by atoms with Gasteiger partial charge < -0.3 is 0 Å². The van der Waals surface area contributed by atoms with Gasteiger partial charge in [0.2, 0.25) is 0 Å². The second kappa shape index (κ2) is 3.51. The number of rotatable bonds is 1. The molecule has 3 nitrogen and oxygen atoms in total. The van der Waals surface area contributed by atoms with Gasteiger partial charge in [-0.25, -0.2) is 4.98 Å². The van der Waals surface area contributed by atoms with Gasteiger partial charge in [0.05, 0.1) is 7.57 Å². The average molecular weight is 323 g/mol. The summed E-state index contributed by atoms with van der Waals surface area (Å²) in [5.41, 5.74) is 1.02. The summed E-state index contributed by atoms with van der Waals surface area (Å²) >= 11 is 8.48. The van der Waals surface area contributed by atoms with Gasteiger partial charge in [-0.15, -0.1) is 11.3 Å². The maximum atomic E-state index is 4.24. The normalized spacial score (nSPS) is 10.7. The summed E-state index contributed by atoms with van der Waals surface area (Å²) in [6, 6.07) is 2.00. The van der Waals surface area contributed by atoms with Gasteiger partial charge in [-0.05, 0) is 44.8 Å². The number of nitrogens with one attached hydrogen (secondary N) is 1. The van der Waals surface area contributed by atoms with E-state index in [1.165, 1.54) is 0 Å². The largest absolute Gasteiger partial charge is 0.263 e. The summed E-state index contributed by atoms with van der Waals surface area (Å²) in [6.45, 7) is 1.88. The molecule has 0 aliphatic heterocycles. The molecule has 0 saturated carbocycles. The van der Waals surface area contributed by atoms with E-state index in [0.29, 0.717) is 0 Å². The van der Waals surface area contributed by atoms with Gasteiger partial charge in [0.25, 0.3) is 0 Å². The van der Waals surface area contributed by atoms with Crippen molar-refractivity contribution in [3.8, 4) is 11.4 Å². The molecule has 0 radical (unpaired) electrons. The Bertz CT molecular complexity index is 435. The maximum Gasteiger partial charge on any atom is 0.183 e. The van der Waals surface area contributed by atoms with Crippen LogP contribution in [0.2, 0.25) is 0 Å². The third-order valence-corrected chi connectivity index (χ3v) is 3.83. The van der Waals surface area contributed by atoms with Crippen molar-refractivity contribution in [2.45, 2.75) is 6.92 Å². The molecule has 0 aromatic carbocycles. The molecule has 0 aliphatic carbocycles. The molecular formula is C7H5Br2N3S. The highest BCUT2D eigenvalue weighted by Crippen LogP contribution is 2.36. The van der Waals surface area contributed by atoms with Crippen LogP contribution in [0.4, 0.5) is 0 Å². The van der Waals surface area contributed by atoms with Crippen LogP contribution in [0, 0.1) is 6.92 Å². The van der Waals surface area contributed by atoms with Crippen molar-refractivity contribution >= 4 is 43.2 Å². The Kier molecular flexibility index (Phi) is 2.53. The molecule has 2 aromatic heterocycles. The van der Waals surface area contributed by atoms with Crippen molar-refractivity contribution in [2.75, 3.05) is 0 Å². The van der Waals surface area contributed by atoms with Crippen molar-refractivity contribution in [1.29, 1.82) is 0 Å². The molecule has 0 aliphatic rings. The van der Waals surface area contributed by atoms with Crippen LogP contribution in [0.25, 0.3) is 11.4 Å². The first-order valence-electron chi connectivity index (χ1n) is 3.51. The Hall–Kier alpha value is -0.200. The van der Waals surface area contributed by atoms with Gasteiger partial charge in [0.15, 0.2) is 5.82 Å². The molecule has 2 heterocycles. The van der Waals surface area contributed by atoms with Crippen molar-refractivity contribution in [3.63, 3.8) is 0 Å². The van der Waals surface area contributed by atoms with Crippen molar-refractivity contribution in [3.05, 3.63) is 19.5 Å². The molecular weight excluding hydrogens is 318 g/mol. The van der Waals surface area contributed by atoms with Crippen LogP contribution in [0.3, 0.4) is 0 Å². The number of hydrogen-bond acceptors (Lipinski definition) is 3. The molecule has 0 amide bonds. The molecule has 0 saturated heterocycles. The van der Waals surface area contributed by atoms with Crippen LogP contribution < -0.4 is 0 Å². The molecule has 0 fully saturated rings. The zero-order valence-corrected chi connectivity index (χ0v) is 10.6. The second-order valence-electron chi connectivity index (χ2n) is 2.48. The highest BCUT2D eigenvalue weighted by Gasteiger charge is 2.11. The summed E-state index contributed by atoms with van der Waals surface area (Å²) in [6.07, 6.45) is 0. The molecule has 1 N–H and O–H groups in total. The smallest absolute Gasteiger partial charge is 0.183 e. The fourth-order valence-corrected chi connectivity index (χ4v) is 3.75. The summed E-state index contributed by atoms with van der Waals surface area (Å²) < 4.78 is 2.11. The highest BCUT2D eigenvalue weighted by atomic mass is 79.9. The number of aromatic nitrogens is 3. The zero-order valence-electron chi connectivity index (χ0n) is 6.64. The maximum absolute atomic E-state index is 4.24. The Morgan fingerprint density at radius 1 is 1.46 bits per heavy atom. The molecule has 2 aromatic rings. The van der Waals surface area contributed by atoms with E-state index in [2.05, 4.69) is 47.0 Å². The van der Waals surface area contributed by atoms with E-state index in [4.69, 9.17) is 0 Å². The first-order valence-corrected chi connectivity index (χ1v) is 5.91. The topological polar surface area (TPSA) is 41.6 Å². The monoisotopic (exact) mass is 321 g/mol. The summed E-state index contributed by atoms with van der Waals surface area (Å²) in [4.78, 5) is 4.24. The van der Waals surface area contributed by atoms with E-state index in [9.17, 15) is 0 Å². The number of nitrogens with zero attached hydrogens (tertiary/aromatic N) is 2. The third-order valence-electron chi connectivity index (χ3n) is 1.49. The van der Waals surface area contributed by atoms with Crippen LogP contribution in [-0.4, -0.2) is 15.2 Å². The fraction of sp³-hybridized carbons (Fsp3) is 0.143. The lowest BCUT2D eigenvalue weighted by Gasteiger charge is -1.87. The minimum atomic E-state index is 0.728. The van der Waals surface area contributed by atoms with Crippen LogP contribution in [-0.2, 0) is 0 Å². The lowest BCUT2D eigenvalue weighted by Crippen LogP contribution is -1.77. The molecule has 0 atom stereocenters. The molecule has 6 heteroatoms. The molecule has 68 valence electrons. The predicted octanol–water partition coefficient (Wildman–Crippen LogP) is 3.37. The van der Waals surface area contributed by atoms with E-state index in [0.717, 1.165) is 24.8 Å². The van der Waals surface area contributed by atoms with Gasteiger partial charge in [0.1, 0.15) is 5.82 Å². The molecule has 2 rings (SSSR count). The first-order chi connectivity index (χ1) is 6.16. The predicted molar refractivity (Wildman–Crippen MR) is 59.8 cm³/mol. The standard InChI is InChI=1S/C7H5Br2N3S/c1-3-10-7(12-11-3)4-2-5(8)13-6(4)9/h2H,1H3,(H,10,11,12). The average Bonchev–Trinajstić information content (AvgIpc) is 2.58. The minimum absolute atomic E-state index is 0.728. The number of aromatic amines is 1. The number of halogens is 2. The lowest BCUT2D eigenvalue weighted by molar-refractivity contribution is 1.04. The minimum Gasteiger partial charge on any atom is -0.263 e. The number of aryl methyl sites for hydroxylation is 1. The van der Waals surface area contributed by atoms with E-state index in [1.807, 2.05) is 13.0 Å². The summed E-state index contributed by atoms with van der Waals surface area (Å²) in [5, 5.41) is 6.89. The van der Waals surface area contributed by atoms with Crippen LogP contribution in [0.15, 0.2) is 13.6 Å². The Balaban J connectivity index is 2.51. The highest BCUT2D eigenvalue weighted by molar-refractivity contribution is 9.12. The summed E-state index contributed by atoms with van der Waals surface area (Å²) in [5.74, 6) is 1.55. The molecule has 0 bridgehead atoms. The fourth-order valence-electron chi connectivity index (χ4n) is 0.956. The van der Waals surface area contributed by atoms with E-state index >= 15 is 0 Å².